The Balaban J connectivity index is 3.13. The van der Waals surface area contributed by atoms with Crippen molar-refractivity contribution in [1.29, 1.82) is 0 Å². The molecular weight excluding hydrogens is 181 g/mol. The molecule has 0 N–H and O–H groups in total. The fraction of sp³-hybridized carbons (Fsp3) is 0.111. The molecule has 0 saturated heterocycles. The molecule has 1 nitrogen and oxygen atoms in total. The van der Waals surface area contributed by atoms with Gasteiger partial charge in [-0.3, -0.25) is 4.79 Å². The molecule has 68 valence electrons. The topological polar surface area (TPSA) is 17.1 Å². The van der Waals surface area contributed by atoms with E-state index in [1.54, 1.807) is 0 Å². The van der Waals surface area contributed by atoms with Gasteiger partial charge in [-0.1, -0.05) is 12.1 Å². The van der Waals surface area contributed by atoms with E-state index < -0.39 is 17.5 Å². The van der Waals surface area contributed by atoms with Crippen molar-refractivity contribution in [2.75, 3.05) is 0 Å². The molecule has 0 atom stereocenters. The SMILES string of the molecule is [CH]C(=O)c1cccc(C(F)(F)F)c1. The average molecular weight is 186 g/mol. The third kappa shape index (κ3) is 2.31. The zero-order chi connectivity index (χ0) is 10.1. The van der Waals surface area contributed by atoms with E-state index in [1.165, 1.54) is 6.07 Å². The Morgan fingerprint density at radius 3 is 2.38 bits per heavy atom. The summed E-state index contributed by atoms with van der Waals surface area (Å²) in [5.74, 6) is -0.869. The lowest BCUT2D eigenvalue weighted by molar-refractivity contribution is -0.137. The Morgan fingerprint density at radius 1 is 1.31 bits per heavy atom. The van der Waals surface area contributed by atoms with E-state index in [0.29, 0.717) is 0 Å². The van der Waals surface area contributed by atoms with E-state index in [9.17, 15) is 18.0 Å². The Morgan fingerprint density at radius 2 is 1.92 bits per heavy atom. The van der Waals surface area contributed by atoms with Crippen LogP contribution in [0.4, 0.5) is 13.2 Å². The molecule has 0 saturated carbocycles. The molecule has 0 aromatic heterocycles. The summed E-state index contributed by atoms with van der Waals surface area (Å²) in [5.41, 5.74) is -1.02. The van der Waals surface area contributed by atoms with Gasteiger partial charge in [0.1, 0.15) is 0 Å². The summed E-state index contributed by atoms with van der Waals surface area (Å²) in [5, 5.41) is 0. The molecule has 0 unspecified atom stereocenters. The molecule has 0 aliphatic heterocycles. The number of benzene rings is 1. The van der Waals surface area contributed by atoms with Crippen LogP contribution in [0.2, 0.25) is 0 Å². The lowest BCUT2D eigenvalue weighted by Crippen LogP contribution is -2.06. The van der Waals surface area contributed by atoms with Crippen LogP contribution < -0.4 is 0 Å². The minimum atomic E-state index is -4.44. The normalized spacial score (nSPS) is 11.4. The first-order chi connectivity index (χ1) is 5.91. The molecule has 2 radical (unpaired) electrons. The van der Waals surface area contributed by atoms with Gasteiger partial charge in [-0.25, -0.2) is 0 Å². The van der Waals surface area contributed by atoms with Gasteiger partial charge in [0.15, 0.2) is 5.78 Å². The van der Waals surface area contributed by atoms with Gasteiger partial charge < -0.3 is 0 Å². The lowest BCUT2D eigenvalue weighted by atomic mass is 10.1. The third-order valence-electron chi connectivity index (χ3n) is 1.47. The Labute approximate surface area is 73.2 Å². The summed E-state index contributed by atoms with van der Waals surface area (Å²) in [6.07, 6.45) is -4.44. The number of halogens is 3. The molecule has 0 heterocycles. The minimum Gasteiger partial charge on any atom is -0.294 e. The molecule has 13 heavy (non-hydrogen) atoms. The van der Waals surface area contributed by atoms with Crippen molar-refractivity contribution in [3.05, 3.63) is 42.3 Å². The molecule has 0 fully saturated rings. The number of carbonyl (C=O) groups excluding carboxylic acids is 1. The standard InChI is InChI=1S/C9H5F3O/c1-6(13)7-3-2-4-8(5-7)9(10,11)12/h1-5H. The number of hydrogen-bond donors (Lipinski definition) is 0. The molecule has 0 bridgehead atoms. The number of Topliss-reactive ketones (excluding diaryl/α,β-unsaturated/α-hetero) is 1. The van der Waals surface area contributed by atoms with Crippen LogP contribution in [0.3, 0.4) is 0 Å². The van der Waals surface area contributed by atoms with E-state index >= 15 is 0 Å². The van der Waals surface area contributed by atoms with Crippen LogP contribution in [0.1, 0.15) is 15.9 Å². The van der Waals surface area contributed by atoms with Gasteiger partial charge in [-0.2, -0.15) is 13.2 Å². The van der Waals surface area contributed by atoms with Gasteiger partial charge >= 0.3 is 6.18 Å². The summed E-state index contributed by atoms with van der Waals surface area (Å²) in [4.78, 5) is 10.5. The van der Waals surface area contributed by atoms with Gasteiger partial charge in [0, 0.05) is 12.5 Å². The molecule has 1 aromatic rings. The smallest absolute Gasteiger partial charge is 0.294 e. The predicted molar refractivity (Wildman–Crippen MR) is 40.1 cm³/mol. The summed E-state index contributed by atoms with van der Waals surface area (Å²) in [7, 11) is 0. The number of alkyl halides is 3. The van der Waals surface area contributed by atoms with Crippen molar-refractivity contribution >= 4 is 5.78 Å². The van der Waals surface area contributed by atoms with E-state index in [0.717, 1.165) is 18.2 Å². The summed E-state index contributed by atoms with van der Waals surface area (Å²) >= 11 is 0. The van der Waals surface area contributed by atoms with E-state index in [-0.39, 0.29) is 5.56 Å². The molecular formula is C9H5F3O. The molecule has 4 heteroatoms. The maximum absolute atomic E-state index is 12.1. The molecule has 0 aliphatic carbocycles. The first-order valence-electron chi connectivity index (χ1n) is 3.38. The van der Waals surface area contributed by atoms with Crippen LogP contribution in [-0.2, 0) is 6.18 Å². The fourth-order valence-electron chi connectivity index (χ4n) is 0.849. The van der Waals surface area contributed by atoms with Crippen LogP contribution in [0.15, 0.2) is 24.3 Å². The number of hydrogen-bond acceptors (Lipinski definition) is 1. The molecule has 1 aromatic carbocycles. The molecule has 0 amide bonds. The molecule has 0 aliphatic rings. The highest BCUT2D eigenvalue weighted by molar-refractivity contribution is 5.99. The second-order valence-electron chi connectivity index (χ2n) is 2.44. The van der Waals surface area contributed by atoms with Gasteiger partial charge in [-0.15, -0.1) is 0 Å². The maximum atomic E-state index is 12.1. The lowest BCUT2D eigenvalue weighted by Gasteiger charge is -2.06. The summed E-state index contributed by atoms with van der Waals surface area (Å²) < 4.78 is 36.2. The van der Waals surface area contributed by atoms with Gasteiger partial charge in [0.2, 0.25) is 0 Å². The summed E-state index contributed by atoms with van der Waals surface area (Å²) in [6.45, 7) is 4.82. The molecule has 0 spiro atoms. The van der Waals surface area contributed by atoms with E-state index in [1.807, 2.05) is 0 Å². The number of rotatable bonds is 1. The van der Waals surface area contributed by atoms with Crippen molar-refractivity contribution in [2.45, 2.75) is 6.18 Å². The number of ketones is 1. The van der Waals surface area contributed by atoms with E-state index in [2.05, 4.69) is 0 Å². The van der Waals surface area contributed by atoms with Crippen molar-refractivity contribution in [3.63, 3.8) is 0 Å². The number of carbonyl (C=O) groups is 1. The van der Waals surface area contributed by atoms with Crippen molar-refractivity contribution in [3.8, 4) is 0 Å². The highest BCUT2D eigenvalue weighted by Gasteiger charge is 2.30. The fourth-order valence-corrected chi connectivity index (χ4v) is 0.849. The van der Waals surface area contributed by atoms with Gasteiger partial charge in [0.05, 0.1) is 5.56 Å². The zero-order valence-corrected chi connectivity index (χ0v) is 6.43. The van der Waals surface area contributed by atoms with Crippen LogP contribution in [0.5, 0.6) is 0 Å². The zero-order valence-electron chi connectivity index (χ0n) is 6.43. The third-order valence-corrected chi connectivity index (χ3v) is 1.47. The second-order valence-corrected chi connectivity index (χ2v) is 2.44. The first kappa shape index (κ1) is 9.77. The van der Waals surface area contributed by atoms with Crippen LogP contribution in [0, 0.1) is 6.92 Å². The van der Waals surface area contributed by atoms with Gasteiger partial charge in [0.25, 0.3) is 0 Å². The van der Waals surface area contributed by atoms with Crippen LogP contribution in [-0.4, -0.2) is 5.78 Å². The molecule has 1 rings (SSSR count). The highest BCUT2D eigenvalue weighted by atomic mass is 19.4. The Kier molecular flexibility index (Phi) is 2.40. The largest absolute Gasteiger partial charge is 0.416 e. The van der Waals surface area contributed by atoms with Crippen molar-refractivity contribution in [2.24, 2.45) is 0 Å². The maximum Gasteiger partial charge on any atom is 0.416 e. The van der Waals surface area contributed by atoms with Crippen molar-refractivity contribution < 1.29 is 18.0 Å². The quantitative estimate of drug-likeness (QED) is 0.616. The summed E-state index contributed by atoms with van der Waals surface area (Å²) in [6, 6.07) is 3.98. The minimum absolute atomic E-state index is 0.144. The average Bonchev–Trinajstić information content (AvgIpc) is 2.03. The van der Waals surface area contributed by atoms with Crippen molar-refractivity contribution in [1.82, 2.24) is 0 Å². The monoisotopic (exact) mass is 186 g/mol. The Hall–Kier alpha value is -1.32. The predicted octanol–water partition coefficient (Wildman–Crippen LogP) is 2.60. The van der Waals surface area contributed by atoms with Crippen LogP contribution >= 0.6 is 0 Å². The first-order valence-corrected chi connectivity index (χ1v) is 3.38. The highest BCUT2D eigenvalue weighted by Crippen LogP contribution is 2.29. The van der Waals surface area contributed by atoms with Gasteiger partial charge in [-0.05, 0) is 12.1 Å². The van der Waals surface area contributed by atoms with E-state index in [4.69, 9.17) is 6.92 Å². The second kappa shape index (κ2) is 3.20. The van der Waals surface area contributed by atoms with Crippen LogP contribution in [0.25, 0.3) is 0 Å². The Bertz CT molecular complexity index is 328.